The first kappa shape index (κ1) is 18.8. The second-order valence-electron chi connectivity index (χ2n) is 7.78. The molecule has 0 atom stereocenters. The summed E-state index contributed by atoms with van der Waals surface area (Å²) >= 11 is 1.57. The Morgan fingerprint density at radius 2 is 1.94 bits per heavy atom. The number of aromatic amines is 1. The fraction of sp³-hybridized carbons (Fsp3) is 0.130. The number of rotatable bonds is 4. The lowest BCUT2D eigenvalue weighted by Gasteiger charge is -2.07. The monoisotopic (exact) mass is 442 g/mol. The zero-order chi connectivity index (χ0) is 21.8. The van der Waals surface area contributed by atoms with Crippen LogP contribution in [-0.4, -0.2) is 34.6 Å². The fourth-order valence-corrected chi connectivity index (χ4v) is 5.28. The maximum Gasteiger partial charge on any atom is 0.291 e. The number of thiazole rings is 1. The molecule has 8 nitrogen and oxygen atoms in total. The molecule has 0 spiro atoms. The summed E-state index contributed by atoms with van der Waals surface area (Å²) in [7, 11) is 1.87. The van der Waals surface area contributed by atoms with Crippen LogP contribution in [-0.2, 0) is 20.0 Å². The molecule has 2 N–H and O–H groups in total. The lowest BCUT2D eigenvalue weighted by Crippen LogP contribution is -2.24. The van der Waals surface area contributed by atoms with Crippen molar-refractivity contribution < 1.29 is 5.11 Å². The largest absolute Gasteiger partial charge is 0.508 e. The number of aromatic nitrogens is 6. The molecule has 158 valence electrons. The van der Waals surface area contributed by atoms with Crippen molar-refractivity contribution in [2.45, 2.75) is 13.0 Å². The number of hydrogen-bond acceptors (Lipinski definition) is 6. The van der Waals surface area contributed by atoms with Crippen molar-refractivity contribution in [2.75, 3.05) is 0 Å². The Balaban J connectivity index is 1.41. The molecule has 6 aromatic rings. The van der Waals surface area contributed by atoms with Crippen LogP contribution in [0.4, 0.5) is 0 Å². The summed E-state index contributed by atoms with van der Waals surface area (Å²) in [5, 5.41) is 23.8. The SMILES string of the molecule is Cn1c2nc(Cc3ccc(O)cc3)sc2c2cnn(Cc3cccc4[nH]ncc34)c(=O)c21. The van der Waals surface area contributed by atoms with Crippen LogP contribution in [0.5, 0.6) is 5.75 Å². The van der Waals surface area contributed by atoms with Gasteiger partial charge in [-0.25, -0.2) is 9.67 Å². The quantitative estimate of drug-likeness (QED) is 0.435. The van der Waals surface area contributed by atoms with E-state index in [1.54, 1.807) is 35.9 Å². The van der Waals surface area contributed by atoms with Crippen molar-refractivity contribution in [1.29, 1.82) is 0 Å². The first-order valence-electron chi connectivity index (χ1n) is 10.1. The Hall–Kier alpha value is -3.98. The Morgan fingerprint density at radius 3 is 2.78 bits per heavy atom. The zero-order valence-corrected chi connectivity index (χ0v) is 17.9. The third kappa shape index (κ3) is 2.89. The van der Waals surface area contributed by atoms with Gasteiger partial charge >= 0.3 is 0 Å². The van der Waals surface area contributed by atoms with Gasteiger partial charge < -0.3 is 9.67 Å². The smallest absolute Gasteiger partial charge is 0.291 e. The average molecular weight is 443 g/mol. The Bertz CT molecular complexity index is 1670. The van der Waals surface area contributed by atoms with E-state index in [9.17, 15) is 9.90 Å². The van der Waals surface area contributed by atoms with Gasteiger partial charge in [0, 0.05) is 24.2 Å². The molecular formula is C23H18N6O2S. The molecule has 2 aromatic carbocycles. The Kier molecular flexibility index (Phi) is 4.12. The zero-order valence-electron chi connectivity index (χ0n) is 17.1. The lowest BCUT2D eigenvalue weighted by molar-refractivity contribution is 0.475. The molecule has 6 rings (SSSR count). The molecule has 32 heavy (non-hydrogen) atoms. The first-order valence-corrected chi connectivity index (χ1v) is 10.9. The highest BCUT2D eigenvalue weighted by Gasteiger charge is 2.18. The van der Waals surface area contributed by atoms with Gasteiger partial charge in [0.15, 0.2) is 5.65 Å². The molecule has 0 amide bonds. The molecule has 0 aliphatic heterocycles. The maximum atomic E-state index is 13.3. The highest BCUT2D eigenvalue weighted by Crippen LogP contribution is 2.32. The van der Waals surface area contributed by atoms with Crippen LogP contribution in [0.3, 0.4) is 0 Å². The third-order valence-corrected chi connectivity index (χ3v) is 6.83. The van der Waals surface area contributed by atoms with Crippen LogP contribution in [0.2, 0.25) is 0 Å². The van der Waals surface area contributed by atoms with Crippen molar-refractivity contribution in [3.05, 3.63) is 81.3 Å². The number of hydrogen-bond donors (Lipinski definition) is 2. The van der Waals surface area contributed by atoms with E-state index in [2.05, 4.69) is 15.3 Å². The van der Waals surface area contributed by atoms with E-state index in [1.165, 1.54) is 4.68 Å². The third-order valence-electron chi connectivity index (χ3n) is 5.76. The van der Waals surface area contributed by atoms with E-state index < -0.39 is 0 Å². The van der Waals surface area contributed by atoms with E-state index in [0.29, 0.717) is 18.5 Å². The molecule has 4 heterocycles. The summed E-state index contributed by atoms with van der Waals surface area (Å²) in [6, 6.07) is 13.0. The summed E-state index contributed by atoms with van der Waals surface area (Å²) < 4.78 is 4.32. The summed E-state index contributed by atoms with van der Waals surface area (Å²) in [6.07, 6.45) is 4.20. The molecule has 0 unspecified atom stereocenters. The number of nitrogens with zero attached hydrogens (tertiary/aromatic N) is 5. The fourth-order valence-electron chi connectivity index (χ4n) is 4.14. The van der Waals surface area contributed by atoms with E-state index >= 15 is 0 Å². The highest BCUT2D eigenvalue weighted by atomic mass is 32.1. The number of benzene rings is 2. The number of fused-ring (bicyclic) bond motifs is 4. The second kappa shape index (κ2) is 7.03. The number of aryl methyl sites for hydroxylation is 1. The number of phenols is 1. The van der Waals surface area contributed by atoms with Gasteiger partial charge in [-0.15, -0.1) is 11.3 Å². The summed E-state index contributed by atoms with van der Waals surface area (Å²) in [5.41, 5.74) is 4.23. The van der Waals surface area contributed by atoms with Crippen molar-refractivity contribution in [1.82, 2.24) is 29.5 Å². The van der Waals surface area contributed by atoms with Gasteiger partial charge in [-0.2, -0.15) is 10.2 Å². The Labute approximate surface area is 185 Å². The summed E-state index contributed by atoms with van der Waals surface area (Å²) in [6.45, 7) is 0.365. The van der Waals surface area contributed by atoms with Crippen LogP contribution in [0.1, 0.15) is 16.1 Å². The van der Waals surface area contributed by atoms with Gasteiger partial charge in [-0.3, -0.25) is 9.89 Å². The van der Waals surface area contributed by atoms with Crippen molar-refractivity contribution in [3.63, 3.8) is 0 Å². The van der Waals surface area contributed by atoms with Gasteiger partial charge in [0.25, 0.3) is 5.56 Å². The molecule has 0 fully saturated rings. The molecule has 0 saturated carbocycles. The van der Waals surface area contributed by atoms with Gasteiger partial charge in [0.1, 0.15) is 16.3 Å². The molecule has 4 aromatic heterocycles. The molecule has 0 saturated heterocycles. The van der Waals surface area contributed by atoms with Crippen molar-refractivity contribution >= 4 is 43.5 Å². The number of nitrogens with one attached hydrogen (secondary N) is 1. The molecular weight excluding hydrogens is 424 g/mol. The summed E-state index contributed by atoms with van der Waals surface area (Å²) in [4.78, 5) is 18.1. The minimum Gasteiger partial charge on any atom is -0.508 e. The predicted octanol–water partition coefficient (Wildman–Crippen LogP) is 3.57. The standard InChI is InChI=1S/C23H18N6O2S/c1-28-20-17(21-22(28)26-19(32-21)9-13-5-7-15(30)8-6-13)11-25-29(23(20)31)12-14-3-2-4-18-16(14)10-24-27-18/h2-8,10-11,30H,9,12H2,1H3,(H,24,27). The number of aromatic hydroxyl groups is 1. The topological polar surface area (TPSA) is 102 Å². The maximum absolute atomic E-state index is 13.3. The van der Waals surface area contributed by atoms with E-state index in [1.807, 2.05) is 41.9 Å². The van der Waals surface area contributed by atoms with Crippen molar-refractivity contribution in [3.8, 4) is 5.75 Å². The van der Waals surface area contributed by atoms with Gasteiger partial charge in [0.05, 0.1) is 29.2 Å². The molecule has 0 aliphatic carbocycles. The number of H-pyrrole nitrogens is 1. The van der Waals surface area contributed by atoms with E-state index in [0.717, 1.165) is 42.8 Å². The summed E-state index contributed by atoms with van der Waals surface area (Å²) in [5.74, 6) is 0.246. The van der Waals surface area contributed by atoms with Crippen LogP contribution in [0, 0.1) is 0 Å². The van der Waals surface area contributed by atoms with Crippen LogP contribution < -0.4 is 5.56 Å². The van der Waals surface area contributed by atoms with Gasteiger partial charge in [-0.1, -0.05) is 24.3 Å². The molecule has 0 bridgehead atoms. The average Bonchev–Trinajstić information content (AvgIpc) is 3.49. The van der Waals surface area contributed by atoms with Crippen LogP contribution >= 0.6 is 11.3 Å². The lowest BCUT2D eigenvalue weighted by atomic mass is 10.1. The van der Waals surface area contributed by atoms with E-state index in [-0.39, 0.29) is 11.3 Å². The van der Waals surface area contributed by atoms with Gasteiger partial charge in [0.2, 0.25) is 0 Å². The minimum atomic E-state index is -0.143. The normalized spacial score (nSPS) is 11.8. The molecule has 9 heteroatoms. The predicted molar refractivity (Wildman–Crippen MR) is 124 cm³/mol. The highest BCUT2D eigenvalue weighted by molar-refractivity contribution is 7.19. The van der Waals surface area contributed by atoms with E-state index in [4.69, 9.17) is 4.98 Å². The first-order chi connectivity index (χ1) is 15.6. The second-order valence-corrected chi connectivity index (χ2v) is 8.86. The molecule has 0 aliphatic rings. The molecule has 0 radical (unpaired) electrons. The van der Waals surface area contributed by atoms with Crippen molar-refractivity contribution in [2.24, 2.45) is 7.05 Å². The van der Waals surface area contributed by atoms with Crippen LogP contribution in [0.25, 0.3) is 32.2 Å². The minimum absolute atomic E-state index is 0.143. The van der Waals surface area contributed by atoms with Crippen LogP contribution in [0.15, 0.2) is 59.7 Å². The van der Waals surface area contributed by atoms with Gasteiger partial charge in [-0.05, 0) is 29.3 Å². The Morgan fingerprint density at radius 1 is 1.09 bits per heavy atom. The number of phenolic OH excluding ortho intramolecular Hbond substituents is 1.